The summed E-state index contributed by atoms with van der Waals surface area (Å²) in [5.41, 5.74) is 7.83. The van der Waals surface area contributed by atoms with E-state index in [1.165, 1.54) is 18.4 Å². The predicted molar refractivity (Wildman–Crippen MR) is 131 cm³/mol. The second-order valence-electron chi connectivity index (χ2n) is 9.00. The number of halogens is 1. The lowest BCUT2D eigenvalue weighted by Gasteiger charge is -2.32. The number of rotatable bonds is 6. The van der Waals surface area contributed by atoms with Gasteiger partial charge in [-0.2, -0.15) is 0 Å². The van der Waals surface area contributed by atoms with Crippen LogP contribution in [0.25, 0.3) is 0 Å². The van der Waals surface area contributed by atoms with Crippen molar-refractivity contribution in [1.29, 1.82) is 0 Å². The molecule has 7 nitrogen and oxygen atoms in total. The minimum Gasteiger partial charge on any atom is -0.382 e. The topological polar surface area (TPSA) is 114 Å². The molecule has 1 fully saturated rings. The van der Waals surface area contributed by atoms with Crippen LogP contribution in [0.5, 0.6) is 0 Å². The number of benzene rings is 2. The number of nitrogens with two attached hydrogens (primary N) is 1. The van der Waals surface area contributed by atoms with Gasteiger partial charge in [-0.15, -0.1) is 0 Å². The van der Waals surface area contributed by atoms with Gasteiger partial charge in [-0.25, -0.2) is 12.8 Å². The van der Waals surface area contributed by atoms with Crippen LogP contribution in [0.4, 0.5) is 4.39 Å². The van der Waals surface area contributed by atoms with E-state index < -0.39 is 21.6 Å². The first-order valence-electron chi connectivity index (χ1n) is 11.4. The maximum absolute atomic E-state index is 14.9. The van der Waals surface area contributed by atoms with Crippen LogP contribution in [0, 0.1) is 11.7 Å². The smallest absolute Gasteiger partial charge is 0.254 e. The fourth-order valence-electron chi connectivity index (χ4n) is 4.64. The molecule has 2 aromatic rings. The molecule has 3 N–H and O–H groups in total. The predicted octanol–water partition coefficient (Wildman–Crippen LogP) is 2.89. The molecule has 1 unspecified atom stereocenters. The third kappa shape index (κ3) is 5.52. The van der Waals surface area contributed by atoms with Gasteiger partial charge in [0.05, 0.1) is 23.4 Å². The molecule has 4 rings (SSSR count). The lowest BCUT2D eigenvalue weighted by Crippen LogP contribution is -2.38. The van der Waals surface area contributed by atoms with E-state index in [2.05, 4.69) is 10.3 Å². The van der Waals surface area contributed by atoms with Gasteiger partial charge >= 0.3 is 0 Å². The lowest BCUT2D eigenvalue weighted by atomic mass is 9.83. The van der Waals surface area contributed by atoms with Crippen molar-refractivity contribution < 1.29 is 17.6 Å². The molecule has 9 heteroatoms. The number of sulfone groups is 1. The third-order valence-corrected chi connectivity index (χ3v) is 8.32. The highest BCUT2D eigenvalue weighted by Crippen LogP contribution is 2.32. The minimum atomic E-state index is -3.04. The first kappa shape index (κ1) is 24.1. The van der Waals surface area contributed by atoms with Crippen LogP contribution in [0.2, 0.25) is 0 Å². The molecule has 0 saturated heterocycles. The normalized spacial score (nSPS) is 23.1. The first-order chi connectivity index (χ1) is 16.2. The summed E-state index contributed by atoms with van der Waals surface area (Å²) in [6, 6.07) is 13.6. The number of hydrogen-bond donors (Lipinski definition) is 2. The molecule has 2 aliphatic rings. The van der Waals surface area contributed by atoms with Gasteiger partial charge in [0.2, 0.25) is 0 Å². The molecule has 0 radical (unpaired) electrons. The molecule has 1 aliphatic carbocycles. The second-order valence-corrected chi connectivity index (χ2v) is 11.3. The molecule has 0 aromatic heterocycles. The molecule has 1 atom stereocenters. The molecular formula is C25H29FN4O3S. The monoisotopic (exact) mass is 484 g/mol. The zero-order valence-corrected chi connectivity index (χ0v) is 19.9. The molecular weight excluding hydrogens is 455 g/mol. The maximum atomic E-state index is 14.9. The molecule has 1 aliphatic heterocycles. The zero-order chi connectivity index (χ0) is 24.3. The number of nitrogens with one attached hydrogen (secondary N) is 1. The standard InChI is InChI=1S/C25H29FN4O3S/c1-34(32,33)19-10-7-17(8-11-19)22-15-28-24(27)23(30-22)18-9-12-20(21(26)13-18)25(31)29-14-16-5-3-2-4-6-16/h2-6,9,12-13,17,19,22H,7-8,10-11,14-15H2,1H3,(H2,27,28)(H,29,31)/t17-,19+,22?. The van der Waals surface area contributed by atoms with Crippen molar-refractivity contribution in [3.05, 3.63) is 71.0 Å². The summed E-state index contributed by atoms with van der Waals surface area (Å²) in [4.78, 5) is 21.7. The van der Waals surface area contributed by atoms with Crippen LogP contribution in [0.3, 0.4) is 0 Å². The Morgan fingerprint density at radius 1 is 1.12 bits per heavy atom. The average Bonchev–Trinajstić information content (AvgIpc) is 2.83. The SMILES string of the molecule is CS(=O)(=O)[C@H]1CC[C@@H](C2CN=C(N)C(c3ccc(C(=O)NCc4ccccc4)c(F)c3)=N2)CC1. The Hall–Kier alpha value is -3.07. The van der Waals surface area contributed by atoms with Crippen LogP contribution in [0.15, 0.2) is 58.5 Å². The van der Waals surface area contributed by atoms with Gasteiger partial charge in [0, 0.05) is 18.4 Å². The molecule has 0 bridgehead atoms. The third-order valence-electron chi connectivity index (χ3n) is 6.64. The molecule has 1 heterocycles. The molecule has 0 spiro atoms. The van der Waals surface area contributed by atoms with Crippen molar-refractivity contribution in [3.63, 3.8) is 0 Å². The van der Waals surface area contributed by atoms with E-state index >= 15 is 0 Å². The summed E-state index contributed by atoms with van der Waals surface area (Å²) in [5, 5.41) is 2.44. The van der Waals surface area contributed by atoms with Crippen molar-refractivity contribution >= 4 is 27.3 Å². The number of amides is 1. The van der Waals surface area contributed by atoms with Crippen LogP contribution in [-0.4, -0.2) is 50.0 Å². The average molecular weight is 485 g/mol. The number of hydrogen-bond acceptors (Lipinski definition) is 6. The van der Waals surface area contributed by atoms with Crippen LogP contribution < -0.4 is 11.1 Å². The molecule has 1 saturated carbocycles. The van der Waals surface area contributed by atoms with Gasteiger partial charge in [0.15, 0.2) is 0 Å². The van der Waals surface area contributed by atoms with Crippen LogP contribution in [-0.2, 0) is 16.4 Å². The highest BCUT2D eigenvalue weighted by Gasteiger charge is 2.33. The molecule has 1 amide bonds. The van der Waals surface area contributed by atoms with Gasteiger partial charge in [-0.3, -0.25) is 14.8 Å². The van der Waals surface area contributed by atoms with E-state index in [9.17, 15) is 17.6 Å². The van der Waals surface area contributed by atoms with Gasteiger partial charge < -0.3 is 11.1 Å². The molecule has 180 valence electrons. The Balaban J connectivity index is 1.46. The van der Waals surface area contributed by atoms with Gasteiger partial charge in [0.25, 0.3) is 5.91 Å². The van der Waals surface area contributed by atoms with E-state index in [4.69, 9.17) is 10.7 Å². The van der Waals surface area contributed by atoms with Crippen molar-refractivity contribution in [2.45, 2.75) is 43.5 Å². The summed E-state index contributed by atoms with van der Waals surface area (Å²) in [6.45, 7) is 0.739. The fraction of sp³-hybridized carbons (Fsp3) is 0.400. The second kappa shape index (κ2) is 10.0. The van der Waals surface area contributed by atoms with Crippen LogP contribution in [0.1, 0.15) is 47.2 Å². The van der Waals surface area contributed by atoms with Crippen molar-refractivity contribution in [2.24, 2.45) is 21.6 Å². The van der Waals surface area contributed by atoms with Crippen LogP contribution >= 0.6 is 0 Å². The Labute approximate surface area is 199 Å². The lowest BCUT2D eigenvalue weighted by molar-refractivity contribution is 0.0947. The molecule has 34 heavy (non-hydrogen) atoms. The van der Waals surface area contributed by atoms with E-state index in [1.807, 2.05) is 30.3 Å². The summed E-state index contributed by atoms with van der Waals surface area (Å²) < 4.78 is 38.5. The molecule has 2 aromatic carbocycles. The number of nitrogens with zero attached hydrogens (tertiary/aromatic N) is 2. The minimum absolute atomic E-state index is 0.0535. The Kier molecular flexibility index (Phi) is 7.11. The highest BCUT2D eigenvalue weighted by atomic mass is 32.2. The van der Waals surface area contributed by atoms with E-state index in [1.54, 1.807) is 6.07 Å². The quantitative estimate of drug-likeness (QED) is 0.656. The Morgan fingerprint density at radius 2 is 1.82 bits per heavy atom. The number of aliphatic imine (C=N–C) groups is 2. The maximum Gasteiger partial charge on any atom is 0.254 e. The zero-order valence-electron chi connectivity index (χ0n) is 19.1. The number of carbonyl (C=O) groups is 1. The summed E-state index contributed by atoms with van der Waals surface area (Å²) >= 11 is 0. The van der Waals surface area contributed by atoms with Crippen molar-refractivity contribution in [3.8, 4) is 0 Å². The highest BCUT2D eigenvalue weighted by molar-refractivity contribution is 7.91. The van der Waals surface area contributed by atoms with Crippen molar-refractivity contribution in [1.82, 2.24) is 5.32 Å². The summed E-state index contributed by atoms with van der Waals surface area (Å²) in [7, 11) is -3.04. The van der Waals surface area contributed by atoms with Gasteiger partial charge in [-0.1, -0.05) is 36.4 Å². The fourth-order valence-corrected chi connectivity index (χ4v) is 5.77. The van der Waals surface area contributed by atoms with E-state index in [-0.39, 0.29) is 28.6 Å². The Morgan fingerprint density at radius 3 is 2.47 bits per heavy atom. The van der Waals surface area contributed by atoms with E-state index in [0.29, 0.717) is 37.2 Å². The summed E-state index contributed by atoms with van der Waals surface area (Å²) in [6.07, 6.45) is 4.03. The largest absolute Gasteiger partial charge is 0.382 e. The first-order valence-corrected chi connectivity index (χ1v) is 13.4. The Bertz CT molecular complexity index is 1220. The number of carbonyl (C=O) groups excluding carboxylic acids is 1. The van der Waals surface area contributed by atoms with Crippen molar-refractivity contribution in [2.75, 3.05) is 12.8 Å². The summed E-state index contributed by atoms with van der Waals surface area (Å²) in [5.74, 6) is -0.713. The van der Waals surface area contributed by atoms with Gasteiger partial charge in [0.1, 0.15) is 27.2 Å². The number of amidine groups is 1. The van der Waals surface area contributed by atoms with E-state index in [0.717, 1.165) is 18.4 Å². The van der Waals surface area contributed by atoms with Gasteiger partial charge in [-0.05, 0) is 49.3 Å².